The van der Waals surface area contributed by atoms with Crippen molar-refractivity contribution >= 4 is 17.3 Å². The summed E-state index contributed by atoms with van der Waals surface area (Å²) in [6.07, 6.45) is 0. The van der Waals surface area contributed by atoms with Crippen molar-refractivity contribution < 1.29 is 14.6 Å². The summed E-state index contributed by atoms with van der Waals surface area (Å²) >= 11 is 0. The van der Waals surface area contributed by atoms with Crippen molar-refractivity contribution in [3.63, 3.8) is 0 Å². The number of rotatable bonds is 5. The van der Waals surface area contributed by atoms with E-state index in [0.717, 1.165) is 0 Å². The Bertz CT molecular complexity index is 766. The maximum atomic E-state index is 11.8. The normalized spacial score (nSPS) is 12.7. The van der Waals surface area contributed by atoms with E-state index in [9.17, 15) is 9.90 Å². The number of nitrogen functional groups attached to an aromatic ring is 1. The number of anilines is 2. The van der Waals surface area contributed by atoms with Gasteiger partial charge in [0, 0.05) is 5.69 Å². The molecule has 6 nitrogen and oxygen atoms in total. The molecule has 1 atom stereocenters. The fraction of sp³-hybridized carbons (Fsp3) is 0.176. The predicted molar refractivity (Wildman–Crippen MR) is 87.2 cm³/mol. The minimum Gasteiger partial charge on any atom is -0.495 e. The number of methoxy groups -OCH3 is 1. The summed E-state index contributed by atoms with van der Waals surface area (Å²) in [6, 6.07) is 13.4. The van der Waals surface area contributed by atoms with Gasteiger partial charge in [-0.15, -0.1) is 0 Å². The Morgan fingerprint density at radius 1 is 1.30 bits per heavy atom. The zero-order valence-electron chi connectivity index (χ0n) is 12.8. The fourth-order valence-electron chi connectivity index (χ4n) is 2.21. The predicted octanol–water partition coefficient (Wildman–Crippen LogP) is 2.56. The number of ether oxygens (including phenoxy) is 1. The number of nitriles is 1. The van der Waals surface area contributed by atoms with Crippen molar-refractivity contribution in [3.05, 3.63) is 53.6 Å². The number of carboxylic acid groups (broad SMARTS) is 1. The van der Waals surface area contributed by atoms with Crippen molar-refractivity contribution in [2.24, 2.45) is 0 Å². The molecule has 0 aliphatic heterocycles. The van der Waals surface area contributed by atoms with Crippen LogP contribution in [0.5, 0.6) is 5.75 Å². The number of carbonyl (C=O) groups is 1. The van der Waals surface area contributed by atoms with Crippen LogP contribution in [0.4, 0.5) is 11.4 Å². The van der Waals surface area contributed by atoms with E-state index in [0.29, 0.717) is 28.3 Å². The molecule has 0 aromatic heterocycles. The van der Waals surface area contributed by atoms with Crippen LogP contribution in [0.1, 0.15) is 18.1 Å². The van der Waals surface area contributed by atoms with Crippen molar-refractivity contribution in [2.75, 3.05) is 18.2 Å². The lowest BCUT2D eigenvalue weighted by Crippen LogP contribution is -2.40. The molecule has 118 valence electrons. The summed E-state index contributed by atoms with van der Waals surface area (Å²) < 4.78 is 5.09. The van der Waals surface area contributed by atoms with Crippen molar-refractivity contribution in [3.8, 4) is 11.8 Å². The van der Waals surface area contributed by atoms with Gasteiger partial charge in [0.2, 0.25) is 0 Å². The van der Waals surface area contributed by atoms with Crippen LogP contribution >= 0.6 is 0 Å². The highest BCUT2D eigenvalue weighted by atomic mass is 16.5. The summed E-state index contributed by atoms with van der Waals surface area (Å²) in [5.74, 6) is -0.564. The number of hydrogen-bond donors (Lipinski definition) is 3. The first-order chi connectivity index (χ1) is 10.9. The molecule has 0 aliphatic rings. The minimum absolute atomic E-state index is 0.360. The Labute approximate surface area is 134 Å². The fourth-order valence-corrected chi connectivity index (χ4v) is 2.21. The lowest BCUT2D eigenvalue weighted by Gasteiger charge is -2.28. The van der Waals surface area contributed by atoms with Gasteiger partial charge in [-0.3, -0.25) is 0 Å². The van der Waals surface area contributed by atoms with Gasteiger partial charge in [-0.25, -0.2) is 4.79 Å². The van der Waals surface area contributed by atoms with E-state index < -0.39 is 11.5 Å². The molecule has 2 aromatic carbocycles. The number of nitrogens with one attached hydrogen (secondary N) is 1. The summed E-state index contributed by atoms with van der Waals surface area (Å²) in [5.41, 5.74) is 6.44. The lowest BCUT2D eigenvalue weighted by molar-refractivity contribution is -0.142. The monoisotopic (exact) mass is 311 g/mol. The number of aliphatic carboxylic acids is 1. The average Bonchev–Trinajstić information content (AvgIpc) is 2.55. The van der Waals surface area contributed by atoms with Gasteiger partial charge < -0.3 is 20.9 Å². The molecule has 0 amide bonds. The number of nitrogens with zero attached hydrogens (tertiary/aromatic N) is 1. The third-order valence-corrected chi connectivity index (χ3v) is 3.64. The molecule has 2 aromatic rings. The maximum Gasteiger partial charge on any atom is 0.333 e. The van der Waals surface area contributed by atoms with Gasteiger partial charge in [0.05, 0.1) is 24.4 Å². The average molecular weight is 311 g/mol. The Kier molecular flexibility index (Phi) is 4.42. The van der Waals surface area contributed by atoms with Crippen LogP contribution in [0, 0.1) is 11.3 Å². The van der Waals surface area contributed by atoms with E-state index in [2.05, 4.69) is 5.32 Å². The third-order valence-electron chi connectivity index (χ3n) is 3.64. The van der Waals surface area contributed by atoms with Gasteiger partial charge in [-0.05, 0) is 48.9 Å². The lowest BCUT2D eigenvalue weighted by atomic mass is 9.91. The zero-order chi connectivity index (χ0) is 17.0. The van der Waals surface area contributed by atoms with E-state index in [4.69, 9.17) is 15.7 Å². The SMILES string of the molecule is COc1ccc(C(C)(Nc2ccc(C#N)cc2)C(=O)O)cc1N. The smallest absolute Gasteiger partial charge is 0.333 e. The molecule has 23 heavy (non-hydrogen) atoms. The van der Waals surface area contributed by atoms with Crippen molar-refractivity contribution in [1.82, 2.24) is 0 Å². The second-order valence-electron chi connectivity index (χ2n) is 5.20. The van der Waals surface area contributed by atoms with Gasteiger partial charge in [0.25, 0.3) is 0 Å². The zero-order valence-corrected chi connectivity index (χ0v) is 12.8. The van der Waals surface area contributed by atoms with Crippen LogP contribution in [-0.4, -0.2) is 18.2 Å². The quantitative estimate of drug-likeness (QED) is 0.732. The second kappa shape index (κ2) is 6.28. The van der Waals surface area contributed by atoms with E-state index >= 15 is 0 Å². The van der Waals surface area contributed by atoms with E-state index in [1.807, 2.05) is 6.07 Å². The molecule has 0 fully saturated rings. The van der Waals surface area contributed by atoms with Crippen LogP contribution in [0.15, 0.2) is 42.5 Å². The summed E-state index contributed by atoms with van der Waals surface area (Å²) in [7, 11) is 1.50. The second-order valence-corrected chi connectivity index (χ2v) is 5.20. The number of benzene rings is 2. The molecular formula is C17H17N3O3. The summed E-state index contributed by atoms with van der Waals surface area (Å²) in [6.45, 7) is 1.55. The molecule has 0 spiro atoms. The summed E-state index contributed by atoms with van der Waals surface area (Å²) in [4.78, 5) is 11.8. The minimum atomic E-state index is -1.38. The van der Waals surface area contributed by atoms with Crippen LogP contribution < -0.4 is 15.8 Å². The molecule has 1 unspecified atom stereocenters. The number of nitrogens with two attached hydrogens (primary N) is 1. The molecule has 0 bridgehead atoms. The Morgan fingerprint density at radius 2 is 1.96 bits per heavy atom. The first-order valence-corrected chi connectivity index (χ1v) is 6.86. The molecule has 0 heterocycles. The van der Waals surface area contributed by atoms with Gasteiger partial charge in [0.1, 0.15) is 5.75 Å². The molecule has 0 aliphatic carbocycles. The van der Waals surface area contributed by atoms with Crippen LogP contribution in [0.2, 0.25) is 0 Å². The molecule has 0 saturated heterocycles. The number of carboxylic acids is 1. The van der Waals surface area contributed by atoms with Gasteiger partial charge in [0.15, 0.2) is 5.54 Å². The Hall–Kier alpha value is -3.20. The third kappa shape index (κ3) is 3.19. The van der Waals surface area contributed by atoms with Crippen molar-refractivity contribution in [2.45, 2.75) is 12.5 Å². The molecular weight excluding hydrogens is 294 g/mol. The highest BCUT2D eigenvalue weighted by Gasteiger charge is 2.35. The first-order valence-electron chi connectivity index (χ1n) is 6.86. The molecule has 4 N–H and O–H groups in total. The number of hydrogen-bond acceptors (Lipinski definition) is 5. The summed E-state index contributed by atoms with van der Waals surface area (Å²) in [5, 5.41) is 21.5. The van der Waals surface area contributed by atoms with Crippen molar-refractivity contribution in [1.29, 1.82) is 5.26 Å². The molecule has 2 rings (SSSR count). The van der Waals surface area contributed by atoms with Gasteiger partial charge >= 0.3 is 5.97 Å². The Balaban J connectivity index is 2.40. The van der Waals surface area contributed by atoms with E-state index in [1.165, 1.54) is 7.11 Å². The largest absolute Gasteiger partial charge is 0.495 e. The molecule has 0 saturated carbocycles. The van der Waals surface area contributed by atoms with Gasteiger partial charge in [-0.1, -0.05) is 6.07 Å². The van der Waals surface area contributed by atoms with Crippen LogP contribution in [0.25, 0.3) is 0 Å². The molecule has 0 radical (unpaired) electrons. The van der Waals surface area contributed by atoms with Crippen LogP contribution in [-0.2, 0) is 10.3 Å². The van der Waals surface area contributed by atoms with E-state index in [1.54, 1.807) is 49.4 Å². The van der Waals surface area contributed by atoms with E-state index in [-0.39, 0.29) is 0 Å². The Morgan fingerprint density at radius 3 is 2.43 bits per heavy atom. The maximum absolute atomic E-state index is 11.8. The highest BCUT2D eigenvalue weighted by molar-refractivity contribution is 5.84. The van der Waals surface area contributed by atoms with Crippen LogP contribution in [0.3, 0.4) is 0 Å². The van der Waals surface area contributed by atoms with Gasteiger partial charge in [-0.2, -0.15) is 5.26 Å². The highest BCUT2D eigenvalue weighted by Crippen LogP contribution is 2.31. The first kappa shape index (κ1) is 16.2. The molecule has 6 heteroatoms. The topological polar surface area (TPSA) is 108 Å². The standard InChI is InChI=1S/C17H17N3O3/c1-17(16(21)22,12-5-8-15(23-2)14(19)9-12)20-13-6-3-11(10-18)4-7-13/h3-9,20H,19H2,1-2H3,(H,21,22).